The first-order valence-electron chi connectivity index (χ1n) is 7.27. The maximum Gasteiger partial charge on any atom is 0.225 e. The fraction of sp³-hybridized carbons (Fsp3) is 0.600. The molecule has 2 rings (SSSR count). The lowest BCUT2D eigenvalue weighted by Crippen LogP contribution is -2.37. The minimum absolute atomic E-state index is 0.231. The highest BCUT2D eigenvalue weighted by Crippen LogP contribution is 2.19. The Hall–Kier alpha value is -1.69. The van der Waals surface area contributed by atoms with Crippen LogP contribution in [0, 0.1) is 0 Å². The van der Waals surface area contributed by atoms with E-state index in [1.54, 1.807) is 19.5 Å². The summed E-state index contributed by atoms with van der Waals surface area (Å²) in [6.45, 7) is 3.90. The zero-order valence-electron chi connectivity index (χ0n) is 12.6. The zero-order chi connectivity index (χ0) is 15.1. The Morgan fingerprint density at radius 3 is 2.57 bits per heavy atom. The van der Waals surface area contributed by atoms with Crippen LogP contribution in [0.1, 0.15) is 26.2 Å². The quantitative estimate of drug-likeness (QED) is 0.807. The second kappa shape index (κ2) is 7.93. The highest BCUT2D eigenvalue weighted by Gasteiger charge is 2.20. The van der Waals surface area contributed by atoms with Gasteiger partial charge in [-0.3, -0.25) is 0 Å². The summed E-state index contributed by atoms with van der Waals surface area (Å²) in [5, 5.41) is 0. The fourth-order valence-electron chi connectivity index (χ4n) is 2.23. The summed E-state index contributed by atoms with van der Waals surface area (Å²) in [7, 11) is 1.75. The highest BCUT2D eigenvalue weighted by atomic mass is 19.1. The molecule has 0 unspecified atom stereocenters. The van der Waals surface area contributed by atoms with E-state index in [0.29, 0.717) is 36.1 Å². The summed E-state index contributed by atoms with van der Waals surface area (Å²) >= 11 is 0. The van der Waals surface area contributed by atoms with E-state index in [1.807, 2.05) is 6.92 Å². The van der Waals surface area contributed by atoms with Crippen LogP contribution in [0.25, 0.3) is 0 Å². The fourth-order valence-corrected chi connectivity index (χ4v) is 2.23. The van der Waals surface area contributed by atoms with Gasteiger partial charge in [0, 0.05) is 20.2 Å². The minimum atomic E-state index is 0.231. The predicted molar refractivity (Wildman–Crippen MR) is 79.3 cm³/mol. The lowest BCUT2D eigenvalue weighted by atomic mass is 10.1. The molecule has 1 aliphatic heterocycles. The van der Waals surface area contributed by atoms with Crippen LogP contribution in [0.4, 0.5) is 10.3 Å². The Morgan fingerprint density at radius 1 is 1.38 bits per heavy atom. The van der Waals surface area contributed by atoms with Crippen LogP contribution in [-0.4, -0.2) is 42.9 Å². The molecule has 0 saturated carbocycles. The number of methoxy groups -OCH3 is 1. The van der Waals surface area contributed by atoms with E-state index in [-0.39, 0.29) is 6.61 Å². The monoisotopic (exact) mass is 295 g/mol. The predicted octanol–water partition coefficient (Wildman–Crippen LogP) is 2.73. The van der Waals surface area contributed by atoms with Crippen molar-refractivity contribution in [3.63, 3.8) is 0 Å². The van der Waals surface area contributed by atoms with Crippen molar-refractivity contribution >= 4 is 5.95 Å². The van der Waals surface area contributed by atoms with Crippen molar-refractivity contribution in [1.82, 2.24) is 9.97 Å². The van der Waals surface area contributed by atoms with Crippen molar-refractivity contribution in [3.05, 3.63) is 24.3 Å². The number of rotatable bonds is 6. The first kappa shape index (κ1) is 15.7. The van der Waals surface area contributed by atoms with Crippen molar-refractivity contribution in [2.75, 3.05) is 31.7 Å². The molecule has 0 atom stereocenters. The van der Waals surface area contributed by atoms with Crippen molar-refractivity contribution in [1.29, 1.82) is 0 Å². The number of nitrogens with zero attached hydrogens (tertiary/aromatic N) is 3. The van der Waals surface area contributed by atoms with Crippen LogP contribution in [0.5, 0.6) is 5.75 Å². The van der Waals surface area contributed by atoms with Crippen LogP contribution in [0.2, 0.25) is 0 Å². The molecule has 116 valence electrons. The Balaban J connectivity index is 1.87. The molecule has 0 N–H and O–H groups in total. The Morgan fingerprint density at radius 2 is 2.05 bits per heavy atom. The van der Waals surface area contributed by atoms with Gasteiger partial charge in [-0.2, -0.15) is 0 Å². The van der Waals surface area contributed by atoms with Gasteiger partial charge in [-0.25, -0.2) is 14.4 Å². The van der Waals surface area contributed by atoms with Gasteiger partial charge in [0.05, 0.1) is 24.8 Å². The number of aromatic nitrogens is 2. The van der Waals surface area contributed by atoms with E-state index < -0.39 is 0 Å². The van der Waals surface area contributed by atoms with Gasteiger partial charge in [0.1, 0.15) is 6.61 Å². The molecule has 0 spiro atoms. The molecule has 0 bridgehead atoms. The molecule has 1 aromatic rings. The molecule has 1 saturated heterocycles. The van der Waals surface area contributed by atoms with Gasteiger partial charge < -0.3 is 14.4 Å². The van der Waals surface area contributed by atoms with Crippen molar-refractivity contribution in [2.45, 2.75) is 32.3 Å². The summed E-state index contributed by atoms with van der Waals surface area (Å²) in [6, 6.07) is 0. The number of anilines is 1. The van der Waals surface area contributed by atoms with Crippen molar-refractivity contribution < 1.29 is 13.9 Å². The smallest absolute Gasteiger partial charge is 0.225 e. The minimum Gasteiger partial charge on any atom is -0.486 e. The zero-order valence-corrected chi connectivity index (χ0v) is 12.6. The topological polar surface area (TPSA) is 47.5 Å². The number of piperidine rings is 1. The first-order valence-corrected chi connectivity index (χ1v) is 7.27. The van der Waals surface area contributed by atoms with E-state index in [1.165, 1.54) is 0 Å². The molecule has 6 heteroatoms. The van der Waals surface area contributed by atoms with E-state index in [2.05, 4.69) is 14.9 Å². The summed E-state index contributed by atoms with van der Waals surface area (Å²) in [6.07, 6.45) is 6.80. The summed E-state index contributed by atoms with van der Waals surface area (Å²) < 4.78 is 23.2. The summed E-state index contributed by atoms with van der Waals surface area (Å²) in [5.74, 6) is 1.26. The molecule has 1 aromatic heterocycles. The van der Waals surface area contributed by atoms with E-state index in [4.69, 9.17) is 9.47 Å². The maximum atomic E-state index is 12.4. The number of ether oxygens (including phenoxy) is 2. The average molecular weight is 295 g/mol. The van der Waals surface area contributed by atoms with Crippen molar-refractivity contribution in [2.24, 2.45) is 0 Å². The van der Waals surface area contributed by atoms with E-state index >= 15 is 0 Å². The molecule has 5 nitrogen and oxygen atoms in total. The van der Waals surface area contributed by atoms with Crippen LogP contribution < -0.4 is 9.64 Å². The molecule has 0 amide bonds. The van der Waals surface area contributed by atoms with Crippen LogP contribution in [0.15, 0.2) is 24.3 Å². The maximum absolute atomic E-state index is 12.4. The molecule has 21 heavy (non-hydrogen) atoms. The van der Waals surface area contributed by atoms with Gasteiger partial charge in [0.25, 0.3) is 0 Å². The Kier molecular flexibility index (Phi) is 5.92. The lowest BCUT2D eigenvalue weighted by molar-refractivity contribution is 0.0816. The third kappa shape index (κ3) is 4.39. The number of hydrogen-bond donors (Lipinski definition) is 0. The summed E-state index contributed by atoms with van der Waals surface area (Å²) in [5.41, 5.74) is 0.612. The second-order valence-corrected chi connectivity index (χ2v) is 5.05. The lowest BCUT2D eigenvalue weighted by Gasteiger charge is -2.31. The van der Waals surface area contributed by atoms with Gasteiger partial charge in [0.15, 0.2) is 5.75 Å². The van der Waals surface area contributed by atoms with E-state index in [0.717, 1.165) is 25.9 Å². The van der Waals surface area contributed by atoms with Crippen LogP contribution in [0.3, 0.4) is 0 Å². The average Bonchev–Trinajstić information content (AvgIpc) is 2.56. The van der Waals surface area contributed by atoms with Gasteiger partial charge in [0.2, 0.25) is 5.95 Å². The van der Waals surface area contributed by atoms with Crippen LogP contribution in [-0.2, 0) is 4.74 Å². The first-order chi connectivity index (χ1) is 10.3. The normalized spacial score (nSPS) is 17.1. The largest absolute Gasteiger partial charge is 0.486 e. The third-order valence-corrected chi connectivity index (χ3v) is 3.71. The molecule has 2 heterocycles. The van der Waals surface area contributed by atoms with Gasteiger partial charge in [-0.05, 0) is 24.8 Å². The van der Waals surface area contributed by atoms with Crippen molar-refractivity contribution in [3.8, 4) is 5.75 Å². The molecule has 1 fully saturated rings. The van der Waals surface area contributed by atoms with E-state index in [9.17, 15) is 4.39 Å². The molecular weight excluding hydrogens is 273 g/mol. The highest BCUT2D eigenvalue weighted by molar-refractivity contribution is 5.32. The molecular formula is C15H22FN3O2. The van der Waals surface area contributed by atoms with Gasteiger partial charge in [-0.1, -0.05) is 6.92 Å². The third-order valence-electron chi connectivity index (χ3n) is 3.71. The number of halogens is 1. The molecule has 0 aliphatic carbocycles. The summed E-state index contributed by atoms with van der Waals surface area (Å²) in [4.78, 5) is 10.8. The van der Waals surface area contributed by atoms with Gasteiger partial charge in [-0.15, -0.1) is 0 Å². The number of hydrogen-bond acceptors (Lipinski definition) is 5. The SMILES string of the molecule is CC/C(=C\F)COc1cnc(N2CCC(OC)CC2)nc1. The molecule has 1 aliphatic rings. The van der Waals surface area contributed by atoms with Gasteiger partial charge >= 0.3 is 0 Å². The Labute approximate surface area is 124 Å². The standard InChI is InChI=1S/C15H22FN3O2/c1-3-12(8-16)11-21-14-9-17-15(18-10-14)19-6-4-13(20-2)5-7-19/h8-10,13H,3-7,11H2,1-2H3/b12-8+. The van der Waals surface area contributed by atoms with Crippen LogP contribution >= 0.6 is 0 Å². The molecule has 0 radical (unpaired) electrons. The Bertz CT molecular complexity index is 456. The molecule has 0 aromatic carbocycles. The second-order valence-electron chi connectivity index (χ2n) is 5.05.